The molecule has 0 saturated carbocycles. The molecule has 0 saturated heterocycles. The molecule has 0 aliphatic carbocycles. The van der Waals surface area contributed by atoms with Gasteiger partial charge in [-0.2, -0.15) is 13.2 Å². The van der Waals surface area contributed by atoms with Crippen LogP contribution < -0.4 is 5.32 Å². The fraction of sp³-hybridized carbons (Fsp3) is 0.417. The fourth-order valence-electron chi connectivity index (χ4n) is 1.33. The van der Waals surface area contributed by atoms with Crippen LogP contribution in [0.3, 0.4) is 0 Å². The summed E-state index contributed by atoms with van der Waals surface area (Å²) in [6, 6.07) is 4.78. The third-order valence-electron chi connectivity index (χ3n) is 2.19. The summed E-state index contributed by atoms with van der Waals surface area (Å²) in [7, 11) is 0. The molecule has 0 radical (unpaired) electrons. The lowest BCUT2D eigenvalue weighted by atomic mass is 10.2. The van der Waals surface area contributed by atoms with Gasteiger partial charge in [-0.05, 0) is 40.5 Å². The standard InChI is InChI=1S/C12H12BrClF3NO2/c13-10-3-2-8(14)6-9(10)11(19)18-4-1-5-20-7-12(15,16)17/h2-3,6H,1,4-5,7H2,(H,18,19). The van der Waals surface area contributed by atoms with E-state index in [1.165, 1.54) is 6.07 Å². The van der Waals surface area contributed by atoms with Crippen LogP contribution in [0.4, 0.5) is 13.2 Å². The topological polar surface area (TPSA) is 38.3 Å². The van der Waals surface area contributed by atoms with Gasteiger partial charge in [-0.25, -0.2) is 0 Å². The average molecular weight is 375 g/mol. The molecule has 3 nitrogen and oxygen atoms in total. The molecule has 8 heteroatoms. The Kier molecular flexibility index (Phi) is 6.78. The zero-order valence-corrected chi connectivity index (χ0v) is 12.6. The van der Waals surface area contributed by atoms with Gasteiger partial charge < -0.3 is 10.1 Å². The van der Waals surface area contributed by atoms with Gasteiger partial charge in [0.2, 0.25) is 0 Å². The Bertz CT molecular complexity index is 469. The Morgan fingerprint density at radius 1 is 1.40 bits per heavy atom. The molecule has 0 atom stereocenters. The maximum Gasteiger partial charge on any atom is 0.411 e. The smallest absolute Gasteiger partial charge is 0.372 e. The number of carbonyl (C=O) groups is 1. The van der Waals surface area contributed by atoms with Gasteiger partial charge in [0.25, 0.3) is 5.91 Å². The second-order valence-corrected chi connectivity index (χ2v) is 5.19. The number of halogens is 5. The zero-order valence-electron chi connectivity index (χ0n) is 10.3. The van der Waals surface area contributed by atoms with Crippen LogP contribution in [-0.4, -0.2) is 31.8 Å². The highest BCUT2D eigenvalue weighted by Gasteiger charge is 2.27. The quantitative estimate of drug-likeness (QED) is 0.769. The molecular formula is C12H12BrClF3NO2. The molecular weight excluding hydrogens is 362 g/mol. The summed E-state index contributed by atoms with van der Waals surface area (Å²) in [6.45, 7) is -1.13. The molecule has 0 fully saturated rings. The molecule has 1 N–H and O–H groups in total. The van der Waals surface area contributed by atoms with Crippen molar-refractivity contribution in [3.63, 3.8) is 0 Å². The van der Waals surface area contributed by atoms with Gasteiger partial charge in [0.15, 0.2) is 0 Å². The number of hydrogen-bond donors (Lipinski definition) is 1. The lowest BCUT2D eigenvalue weighted by Crippen LogP contribution is -2.26. The van der Waals surface area contributed by atoms with Gasteiger partial charge in [-0.15, -0.1) is 0 Å². The highest BCUT2D eigenvalue weighted by molar-refractivity contribution is 9.10. The predicted octanol–water partition coefficient (Wildman–Crippen LogP) is 3.80. The SMILES string of the molecule is O=C(NCCCOCC(F)(F)F)c1cc(Cl)ccc1Br. The Morgan fingerprint density at radius 3 is 2.75 bits per heavy atom. The minimum Gasteiger partial charge on any atom is -0.372 e. The van der Waals surface area contributed by atoms with E-state index in [9.17, 15) is 18.0 Å². The summed E-state index contributed by atoms with van der Waals surface area (Å²) in [5.74, 6) is -0.352. The molecule has 0 spiro atoms. The molecule has 112 valence electrons. The van der Waals surface area contributed by atoms with E-state index in [0.717, 1.165) is 0 Å². The van der Waals surface area contributed by atoms with Crippen molar-refractivity contribution in [2.24, 2.45) is 0 Å². The van der Waals surface area contributed by atoms with Crippen LogP contribution in [0.25, 0.3) is 0 Å². The molecule has 0 aliphatic heterocycles. The molecule has 1 aromatic rings. The molecule has 0 heterocycles. The van der Waals surface area contributed by atoms with E-state index in [0.29, 0.717) is 21.5 Å². The predicted molar refractivity (Wildman–Crippen MR) is 73.0 cm³/mol. The molecule has 0 unspecified atom stereocenters. The number of carbonyl (C=O) groups excluding carboxylic acids is 1. The summed E-state index contributed by atoms with van der Waals surface area (Å²) in [4.78, 5) is 11.8. The minimum atomic E-state index is -4.32. The van der Waals surface area contributed by atoms with Crippen molar-refractivity contribution in [2.75, 3.05) is 19.8 Å². The number of rotatable bonds is 6. The van der Waals surface area contributed by atoms with Crippen LogP contribution >= 0.6 is 27.5 Å². The van der Waals surface area contributed by atoms with Gasteiger partial charge in [-0.1, -0.05) is 11.6 Å². The zero-order chi connectivity index (χ0) is 15.2. The van der Waals surface area contributed by atoms with E-state index < -0.39 is 12.8 Å². The number of amides is 1. The highest BCUT2D eigenvalue weighted by Crippen LogP contribution is 2.21. The minimum absolute atomic E-state index is 0.0729. The van der Waals surface area contributed by atoms with Gasteiger partial charge in [0.05, 0.1) is 5.56 Å². The first-order valence-corrected chi connectivity index (χ1v) is 6.84. The lowest BCUT2D eigenvalue weighted by Gasteiger charge is -2.09. The first-order valence-electron chi connectivity index (χ1n) is 5.67. The van der Waals surface area contributed by atoms with Crippen LogP contribution in [0, 0.1) is 0 Å². The van der Waals surface area contributed by atoms with Gasteiger partial charge in [0.1, 0.15) is 6.61 Å². The third-order valence-corrected chi connectivity index (χ3v) is 3.12. The van der Waals surface area contributed by atoms with E-state index in [-0.39, 0.29) is 19.1 Å². The number of nitrogens with one attached hydrogen (secondary N) is 1. The van der Waals surface area contributed by atoms with Crippen molar-refractivity contribution >= 4 is 33.4 Å². The Morgan fingerprint density at radius 2 is 2.10 bits per heavy atom. The van der Waals surface area contributed by atoms with Crippen LogP contribution in [0.15, 0.2) is 22.7 Å². The molecule has 1 amide bonds. The van der Waals surface area contributed by atoms with Crippen LogP contribution in [-0.2, 0) is 4.74 Å². The van der Waals surface area contributed by atoms with E-state index >= 15 is 0 Å². The fourth-order valence-corrected chi connectivity index (χ4v) is 1.93. The Labute approximate surface area is 127 Å². The molecule has 0 bridgehead atoms. The molecule has 0 aromatic heterocycles. The second kappa shape index (κ2) is 7.85. The highest BCUT2D eigenvalue weighted by atomic mass is 79.9. The summed E-state index contributed by atoms with van der Waals surface area (Å²) in [5, 5.41) is 3.00. The number of benzene rings is 1. The normalized spacial score (nSPS) is 11.4. The Hall–Kier alpha value is -0.790. The average Bonchev–Trinajstić information content (AvgIpc) is 2.35. The molecule has 0 aliphatic rings. The van der Waals surface area contributed by atoms with Crippen molar-refractivity contribution in [1.29, 1.82) is 0 Å². The van der Waals surface area contributed by atoms with Crippen molar-refractivity contribution in [1.82, 2.24) is 5.32 Å². The number of hydrogen-bond acceptors (Lipinski definition) is 2. The van der Waals surface area contributed by atoms with Crippen LogP contribution in [0.5, 0.6) is 0 Å². The van der Waals surface area contributed by atoms with E-state index in [4.69, 9.17) is 11.6 Å². The van der Waals surface area contributed by atoms with Crippen molar-refractivity contribution in [3.8, 4) is 0 Å². The second-order valence-electron chi connectivity index (χ2n) is 3.90. The van der Waals surface area contributed by atoms with Gasteiger partial charge in [0, 0.05) is 22.6 Å². The summed E-state index contributed by atoms with van der Waals surface area (Å²) in [5.41, 5.74) is 0.369. The van der Waals surface area contributed by atoms with E-state index in [1.807, 2.05) is 0 Å². The number of ether oxygens (including phenoxy) is 1. The van der Waals surface area contributed by atoms with E-state index in [2.05, 4.69) is 26.0 Å². The molecule has 1 aromatic carbocycles. The first kappa shape index (κ1) is 17.3. The van der Waals surface area contributed by atoms with Crippen LogP contribution in [0.2, 0.25) is 5.02 Å². The maximum absolute atomic E-state index is 11.8. The van der Waals surface area contributed by atoms with Gasteiger partial charge in [-0.3, -0.25) is 4.79 Å². The number of alkyl halides is 3. The monoisotopic (exact) mass is 373 g/mol. The van der Waals surface area contributed by atoms with Crippen molar-refractivity contribution in [3.05, 3.63) is 33.3 Å². The van der Waals surface area contributed by atoms with Gasteiger partial charge >= 0.3 is 6.18 Å². The molecule has 1 rings (SSSR count). The lowest BCUT2D eigenvalue weighted by molar-refractivity contribution is -0.173. The van der Waals surface area contributed by atoms with Crippen molar-refractivity contribution in [2.45, 2.75) is 12.6 Å². The summed E-state index contributed by atoms with van der Waals surface area (Å²) in [6.07, 6.45) is -4.03. The largest absolute Gasteiger partial charge is 0.411 e. The third kappa shape index (κ3) is 6.58. The maximum atomic E-state index is 11.8. The summed E-state index contributed by atoms with van der Waals surface area (Å²) >= 11 is 9.00. The van der Waals surface area contributed by atoms with E-state index in [1.54, 1.807) is 12.1 Å². The summed E-state index contributed by atoms with van der Waals surface area (Å²) < 4.78 is 40.4. The molecule has 20 heavy (non-hydrogen) atoms. The Balaban J connectivity index is 2.28. The first-order chi connectivity index (χ1) is 9.29. The van der Waals surface area contributed by atoms with Crippen LogP contribution in [0.1, 0.15) is 16.8 Å². The van der Waals surface area contributed by atoms with Crippen molar-refractivity contribution < 1.29 is 22.7 Å².